The number of aromatic nitrogens is 2. The third kappa shape index (κ3) is 3.98. The number of hydrogen-bond acceptors (Lipinski definition) is 3. The number of rotatable bonds is 5. The van der Waals surface area contributed by atoms with Gasteiger partial charge in [0, 0.05) is 38.4 Å². The zero-order valence-corrected chi connectivity index (χ0v) is 16.3. The Balaban J connectivity index is 1.72. The summed E-state index contributed by atoms with van der Waals surface area (Å²) < 4.78 is 1.86. The number of likely N-dealkylation sites (tertiary alicyclic amines) is 1. The molecular formula is C21H30N4O. The molecule has 1 aromatic heterocycles. The molecule has 1 amide bonds. The number of amides is 1. The van der Waals surface area contributed by atoms with E-state index in [1.54, 1.807) is 0 Å². The molecule has 3 atom stereocenters. The van der Waals surface area contributed by atoms with Gasteiger partial charge in [0.15, 0.2) is 0 Å². The SMILES string of the molecule is CC(C(=O)N(C)C[C@@H]1CCCN(C)[C@H]1c1cnn(C)c1)c1ccccc1. The van der Waals surface area contributed by atoms with Crippen molar-refractivity contribution in [2.45, 2.75) is 31.7 Å². The van der Waals surface area contributed by atoms with E-state index in [-0.39, 0.29) is 11.8 Å². The largest absolute Gasteiger partial charge is 0.345 e. The van der Waals surface area contributed by atoms with Crippen molar-refractivity contribution in [3.63, 3.8) is 0 Å². The second-order valence-electron chi connectivity index (χ2n) is 7.63. The lowest BCUT2D eigenvalue weighted by Crippen LogP contribution is -2.43. The van der Waals surface area contributed by atoms with Crippen LogP contribution in [0.15, 0.2) is 42.7 Å². The molecule has 0 bridgehead atoms. The van der Waals surface area contributed by atoms with Crippen LogP contribution in [0.5, 0.6) is 0 Å². The maximum absolute atomic E-state index is 12.9. The number of nitrogens with zero attached hydrogens (tertiary/aromatic N) is 4. The van der Waals surface area contributed by atoms with Gasteiger partial charge in [-0.25, -0.2) is 0 Å². The minimum atomic E-state index is -0.112. The summed E-state index contributed by atoms with van der Waals surface area (Å²) in [7, 11) is 6.08. The van der Waals surface area contributed by atoms with Crippen LogP contribution >= 0.6 is 0 Å². The summed E-state index contributed by atoms with van der Waals surface area (Å²) in [5.74, 6) is 0.503. The molecule has 2 heterocycles. The Hall–Kier alpha value is -2.14. The monoisotopic (exact) mass is 354 g/mol. The molecule has 1 aliphatic rings. The fourth-order valence-electron chi connectivity index (χ4n) is 4.23. The van der Waals surface area contributed by atoms with Crippen LogP contribution in [0.25, 0.3) is 0 Å². The zero-order chi connectivity index (χ0) is 18.7. The van der Waals surface area contributed by atoms with E-state index in [4.69, 9.17) is 0 Å². The van der Waals surface area contributed by atoms with Gasteiger partial charge < -0.3 is 4.90 Å². The van der Waals surface area contributed by atoms with Gasteiger partial charge >= 0.3 is 0 Å². The van der Waals surface area contributed by atoms with Crippen LogP contribution in [-0.2, 0) is 11.8 Å². The van der Waals surface area contributed by atoms with Crippen molar-refractivity contribution in [2.75, 3.05) is 27.2 Å². The molecule has 0 aliphatic carbocycles. The van der Waals surface area contributed by atoms with Gasteiger partial charge in [0.2, 0.25) is 5.91 Å². The predicted molar refractivity (Wildman–Crippen MR) is 104 cm³/mol. The number of likely N-dealkylation sites (N-methyl/N-ethyl adjacent to an activating group) is 1. The third-order valence-electron chi connectivity index (χ3n) is 5.63. The van der Waals surface area contributed by atoms with Gasteiger partial charge in [-0.1, -0.05) is 30.3 Å². The molecule has 1 fully saturated rings. The number of piperidine rings is 1. The Labute approximate surface area is 156 Å². The molecule has 26 heavy (non-hydrogen) atoms. The van der Waals surface area contributed by atoms with E-state index in [0.717, 1.165) is 25.1 Å². The molecule has 5 heteroatoms. The molecule has 1 aliphatic heterocycles. The van der Waals surface area contributed by atoms with Crippen LogP contribution in [0, 0.1) is 5.92 Å². The normalized spacial score (nSPS) is 22.2. The molecule has 0 spiro atoms. The van der Waals surface area contributed by atoms with Crippen molar-refractivity contribution < 1.29 is 4.79 Å². The fraction of sp³-hybridized carbons (Fsp3) is 0.524. The molecule has 0 saturated carbocycles. The lowest BCUT2D eigenvalue weighted by Gasteiger charge is -2.40. The standard InChI is InChI=1S/C21H30N4O/c1-16(17-9-6-5-7-10-17)21(26)24(3)14-18-11-8-12-23(2)20(18)19-13-22-25(4)15-19/h5-7,9-10,13,15-16,18,20H,8,11-12,14H2,1-4H3/t16?,18-,20+/m0/s1. The molecule has 1 unspecified atom stereocenters. The van der Waals surface area contributed by atoms with Crippen molar-refractivity contribution in [2.24, 2.45) is 13.0 Å². The van der Waals surface area contributed by atoms with Crippen molar-refractivity contribution >= 4 is 5.91 Å². The van der Waals surface area contributed by atoms with Gasteiger partial charge in [-0.2, -0.15) is 5.10 Å². The van der Waals surface area contributed by atoms with E-state index in [1.807, 2.05) is 67.1 Å². The van der Waals surface area contributed by atoms with Gasteiger partial charge in [0.1, 0.15) is 0 Å². The molecule has 3 rings (SSSR count). The Kier molecular flexibility index (Phi) is 5.77. The maximum Gasteiger partial charge on any atom is 0.229 e. The Bertz CT molecular complexity index is 727. The van der Waals surface area contributed by atoms with Crippen LogP contribution in [0.3, 0.4) is 0 Å². The molecule has 1 saturated heterocycles. The highest BCUT2D eigenvalue weighted by Gasteiger charge is 2.33. The number of carbonyl (C=O) groups excluding carboxylic acids is 1. The molecule has 0 N–H and O–H groups in total. The van der Waals surface area contributed by atoms with Gasteiger partial charge in [0.25, 0.3) is 0 Å². The minimum Gasteiger partial charge on any atom is -0.345 e. The summed E-state index contributed by atoms with van der Waals surface area (Å²) in [5.41, 5.74) is 2.32. The summed E-state index contributed by atoms with van der Waals surface area (Å²) in [5, 5.41) is 4.35. The first-order valence-corrected chi connectivity index (χ1v) is 9.46. The summed E-state index contributed by atoms with van der Waals surface area (Å²) >= 11 is 0. The Morgan fingerprint density at radius 1 is 1.31 bits per heavy atom. The van der Waals surface area contributed by atoms with E-state index in [0.29, 0.717) is 12.0 Å². The third-order valence-corrected chi connectivity index (χ3v) is 5.63. The lowest BCUT2D eigenvalue weighted by atomic mass is 9.85. The fourth-order valence-corrected chi connectivity index (χ4v) is 4.23. The summed E-state index contributed by atoms with van der Waals surface area (Å²) in [6.45, 7) is 3.87. The average molecular weight is 354 g/mol. The molecular weight excluding hydrogens is 324 g/mol. The summed E-state index contributed by atoms with van der Waals surface area (Å²) in [4.78, 5) is 17.3. The van der Waals surface area contributed by atoms with E-state index in [2.05, 4.69) is 23.2 Å². The van der Waals surface area contributed by atoms with Crippen LogP contribution in [0.4, 0.5) is 0 Å². The smallest absolute Gasteiger partial charge is 0.229 e. The van der Waals surface area contributed by atoms with Gasteiger partial charge in [-0.3, -0.25) is 14.4 Å². The Morgan fingerprint density at radius 2 is 2.04 bits per heavy atom. The predicted octanol–water partition coefficient (Wildman–Crippen LogP) is 3.07. The van der Waals surface area contributed by atoms with E-state index >= 15 is 0 Å². The zero-order valence-electron chi connectivity index (χ0n) is 16.3. The van der Waals surface area contributed by atoms with Crippen molar-refractivity contribution in [1.29, 1.82) is 0 Å². The number of hydrogen-bond donors (Lipinski definition) is 0. The maximum atomic E-state index is 12.9. The molecule has 0 radical (unpaired) electrons. The van der Waals surface area contributed by atoms with Gasteiger partial charge in [-0.15, -0.1) is 0 Å². The van der Waals surface area contributed by atoms with Gasteiger partial charge in [0.05, 0.1) is 12.1 Å². The molecule has 2 aromatic rings. The van der Waals surface area contributed by atoms with Crippen molar-refractivity contribution in [3.8, 4) is 0 Å². The quantitative estimate of drug-likeness (QED) is 0.829. The lowest BCUT2D eigenvalue weighted by molar-refractivity contribution is -0.132. The number of benzene rings is 1. The number of aryl methyl sites for hydroxylation is 1. The Morgan fingerprint density at radius 3 is 2.69 bits per heavy atom. The second-order valence-corrected chi connectivity index (χ2v) is 7.63. The number of carbonyl (C=O) groups is 1. The van der Waals surface area contributed by atoms with Crippen LogP contribution in [-0.4, -0.2) is 52.7 Å². The van der Waals surface area contributed by atoms with Gasteiger partial charge in [-0.05, 0) is 44.8 Å². The van der Waals surface area contributed by atoms with E-state index < -0.39 is 0 Å². The van der Waals surface area contributed by atoms with Crippen molar-refractivity contribution in [3.05, 3.63) is 53.9 Å². The topological polar surface area (TPSA) is 41.4 Å². The van der Waals surface area contributed by atoms with E-state index in [9.17, 15) is 4.79 Å². The molecule has 5 nitrogen and oxygen atoms in total. The highest BCUT2D eigenvalue weighted by atomic mass is 16.2. The summed E-state index contributed by atoms with van der Waals surface area (Å²) in [6.07, 6.45) is 6.39. The molecule has 1 aromatic carbocycles. The first kappa shape index (κ1) is 18.6. The highest BCUT2D eigenvalue weighted by molar-refractivity contribution is 5.83. The first-order chi connectivity index (χ1) is 12.5. The molecule has 140 valence electrons. The average Bonchev–Trinajstić information content (AvgIpc) is 3.07. The van der Waals surface area contributed by atoms with Crippen molar-refractivity contribution in [1.82, 2.24) is 19.6 Å². The minimum absolute atomic E-state index is 0.112. The highest BCUT2D eigenvalue weighted by Crippen LogP contribution is 2.35. The van der Waals surface area contributed by atoms with Crippen LogP contribution in [0.1, 0.15) is 42.9 Å². The van der Waals surface area contributed by atoms with E-state index in [1.165, 1.54) is 12.0 Å². The first-order valence-electron chi connectivity index (χ1n) is 9.46. The van der Waals surface area contributed by atoms with Crippen LogP contribution in [0.2, 0.25) is 0 Å². The summed E-state index contributed by atoms with van der Waals surface area (Å²) in [6, 6.07) is 10.4. The van der Waals surface area contributed by atoms with Crippen LogP contribution < -0.4 is 0 Å². The second kappa shape index (κ2) is 8.04.